The lowest BCUT2D eigenvalue weighted by molar-refractivity contribution is 0.0729. The number of benzene rings is 2. The van der Waals surface area contributed by atoms with Gasteiger partial charge in [-0.15, -0.1) is 0 Å². The first-order chi connectivity index (χ1) is 20.1. The zero-order valence-electron chi connectivity index (χ0n) is 26.2. The Morgan fingerprint density at radius 1 is 0.537 bits per heavy atom. The molecule has 2 N–H and O–H groups in total. The van der Waals surface area contributed by atoms with Crippen LogP contribution in [-0.4, -0.2) is 16.2 Å². The van der Waals surface area contributed by atoms with Crippen LogP contribution in [0.15, 0.2) is 36.4 Å². The fourth-order valence-electron chi connectivity index (χ4n) is 5.56. The highest BCUT2D eigenvalue weighted by atomic mass is 16.5. The van der Waals surface area contributed by atoms with E-state index in [0.717, 1.165) is 31.2 Å². The molecule has 0 amide bonds. The van der Waals surface area contributed by atoms with Crippen LogP contribution in [0.25, 0.3) is 0 Å². The summed E-state index contributed by atoms with van der Waals surface area (Å²) in [4.78, 5) is 12.9. The molecule has 2 aromatic carbocycles. The van der Waals surface area contributed by atoms with Crippen molar-refractivity contribution in [3.63, 3.8) is 0 Å². The second-order valence-corrected chi connectivity index (χ2v) is 11.8. The molecular formula is C37H58O4. The minimum atomic E-state index is -0.640. The third-order valence-corrected chi connectivity index (χ3v) is 8.23. The minimum absolute atomic E-state index is 0.00284. The molecule has 0 aliphatic heterocycles. The van der Waals surface area contributed by atoms with Gasteiger partial charge in [-0.1, -0.05) is 154 Å². The molecule has 0 saturated heterocycles. The highest BCUT2D eigenvalue weighted by Gasteiger charge is 2.20. The molecule has 0 aliphatic rings. The molecule has 0 heterocycles. The second-order valence-electron chi connectivity index (χ2n) is 11.8. The molecule has 0 radical (unpaired) electrons. The molecule has 230 valence electrons. The first-order valence-corrected chi connectivity index (χ1v) is 16.9. The summed E-state index contributed by atoms with van der Waals surface area (Å²) in [6, 6.07) is 11.0. The molecule has 0 saturated carbocycles. The smallest absolute Gasteiger partial charge is 0.347 e. The molecule has 0 atom stereocenters. The maximum Gasteiger partial charge on any atom is 0.347 e. The van der Waals surface area contributed by atoms with Gasteiger partial charge in [-0.3, -0.25) is 0 Å². The maximum atomic E-state index is 12.9. The van der Waals surface area contributed by atoms with Crippen LogP contribution in [0.5, 0.6) is 17.2 Å². The summed E-state index contributed by atoms with van der Waals surface area (Å²) in [5.41, 5.74) is 1.68. The molecule has 4 heteroatoms. The van der Waals surface area contributed by atoms with E-state index in [0.29, 0.717) is 17.7 Å². The van der Waals surface area contributed by atoms with Crippen LogP contribution in [0.2, 0.25) is 0 Å². The molecule has 41 heavy (non-hydrogen) atoms. The number of para-hydroxylation sites is 1. The zero-order chi connectivity index (χ0) is 29.5. The molecule has 0 aliphatic carbocycles. The molecule has 0 aromatic heterocycles. The van der Waals surface area contributed by atoms with Crippen molar-refractivity contribution < 1.29 is 19.7 Å². The summed E-state index contributed by atoms with van der Waals surface area (Å²) in [7, 11) is 0. The first-order valence-electron chi connectivity index (χ1n) is 16.9. The van der Waals surface area contributed by atoms with Gasteiger partial charge in [0.25, 0.3) is 0 Å². The van der Waals surface area contributed by atoms with Crippen LogP contribution in [0.1, 0.15) is 164 Å². The number of unbranched alkanes of at least 4 members (excludes halogenated alkanes) is 18. The number of hydrogen-bond donors (Lipinski definition) is 2. The molecule has 0 unspecified atom stereocenters. The predicted molar refractivity (Wildman–Crippen MR) is 172 cm³/mol. The lowest BCUT2D eigenvalue weighted by Crippen LogP contribution is -2.10. The summed E-state index contributed by atoms with van der Waals surface area (Å²) in [6.45, 7) is 4.50. The number of aryl methyl sites for hydroxylation is 2. The van der Waals surface area contributed by atoms with Crippen LogP contribution in [0.4, 0.5) is 0 Å². The van der Waals surface area contributed by atoms with Gasteiger partial charge in [-0.2, -0.15) is 0 Å². The van der Waals surface area contributed by atoms with Crippen LogP contribution >= 0.6 is 0 Å². The number of aromatic hydroxyl groups is 2. The van der Waals surface area contributed by atoms with E-state index < -0.39 is 5.97 Å². The van der Waals surface area contributed by atoms with E-state index >= 15 is 0 Å². The van der Waals surface area contributed by atoms with E-state index in [1.54, 1.807) is 18.2 Å². The van der Waals surface area contributed by atoms with Crippen molar-refractivity contribution in [1.82, 2.24) is 0 Å². The Morgan fingerprint density at radius 2 is 0.976 bits per heavy atom. The molecule has 2 rings (SSSR count). The van der Waals surface area contributed by atoms with Gasteiger partial charge in [0.1, 0.15) is 11.3 Å². The number of rotatable bonds is 24. The van der Waals surface area contributed by atoms with Crippen LogP contribution in [0, 0.1) is 0 Å². The van der Waals surface area contributed by atoms with Crippen molar-refractivity contribution in [2.45, 2.75) is 155 Å². The molecule has 0 fully saturated rings. The largest absolute Gasteiger partial charge is 0.504 e. The van der Waals surface area contributed by atoms with Gasteiger partial charge >= 0.3 is 5.97 Å². The van der Waals surface area contributed by atoms with E-state index in [9.17, 15) is 15.0 Å². The van der Waals surface area contributed by atoms with Crippen molar-refractivity contribution in [2.24, 2.45) is 0 Å². The fraction of sp³-hybridized carbons (Fsp3) is 0.649. The number of carbonyl (C=O) groups is 1. The molecule has 0 bridgehead atoms. The molecule has 0 spiro atoms. The summed E-state index contributed by atoms with van der Waals surface area (Å²) < 4.78 is 5.71. The van der Waals surface area contributed by atoms with Gasteiger partial charge in [0.15, 0.2) is 11.5 Å². The topological polar surface area (TPSA) is 66.8 Å². The van der Waals surface area contributed by atoms with Gasteiger partial charge in [-0.25, -0.2) is 4.79 Å². The van der Waals surface area contributed by atoms with Gasteiger partial charge < -0.3 is 14.9 Å². The Labute approximate surface area is 250 Å². The van der Waals surface area contributed by atoms with E-state index in [1.807, 2.05) is 18.2 Å². The number of carbonyl (C=O) groups excluding carboxylic acids is 1. The van der Waals surface area contributed by atoms with E-state index in [-0.39, 0.29) is 17.1 Å². The quantitative estimate of drug-likeness (QED) is 0.0574. The predicted octanol–water partition coefficient (Wildman–Crippen LogP) is 11.2. The Hall–Kier alpha value is -2.49. The number of hydrogen-bond acceptors (Lipinski definition) is 4. The van der Waals surface area contributed by atoms with Gasteiger partial charge in [0.05, 0.1) is 0 Å². The normalized spacial score (nSPS) is 11.2. The first kappa shape index (κ1) is 34.7. The third-order valence-electron chi connectivity index (χ3n) is 8.23. The minimum Gasteiger partial charge on any atom is -0.504 e. The number of phenolic OH excluding ortho intramolecular Hbond substituents is 2. The fourth-order valence-corrected chi connectivity index (χ4v) is 5.56. The van der Waals surface area contributed by atoms with Crippen molar-refractivity contribution in [3.8, 4) is 17.2 Å². The van der Waals surface area contributed by atoms with Crippen LogP contribution < -0.4 is 4.74 Å². The standard InChI is InChI=1S/C37H58O4/c1-3-5-7-9-11-13-15-17-19-21-25-31-26-23-24-28-34(31)41-37(40)33-30-29-32(35(38)36(33)39)27-22-20-18-16-14-12-10-8-6-4-2/h23-24,26,28-30,38-39H,3-22,25,27H2,1-2H3. The van der Waals surface area contributed by atoms with E-state index in [2.05, 4.69) is 13.8 Å². The van der Waals surface area contributed by atoms with Crippen molar-refractivity contribution in [2.75, 3.05) is 0 Å². The van der Waals surface area contributed by atoms with Crippen LogP contribution in [0.3, 0.4) is 0 Å². The lowest BCUT2D eigenvalue weighted by atomic mass is 10.0. The Kier molecular flexibility index (Phi) is 18.8. The summed E-state index contributed by atoms with van der Waals surface area (Å²) >= 11 is 0. The van der Waals surface area contributed by atoms with Gasteiger partial charge in [0, 0.05) is 0 Å². The van der Waals surface area contributed by atoms with Crippen molar-refractivity contribution in [3.05, 3.63) is 53.1 Å². The SMILES string of the molecule is CCCCCCCCCCCCc1ccccc1OC(=O)c1ccc(CCCCCCCCCCCC)c(O)c1O. The second kappa shape index (κ2) is 22.2. The van der Waals surface area contributed by atoms with Crippen molar-refractivity contribution >= 4 is 5.97 Å². The van der Waals surface area contributed by atoms with Crippen LogP contribution in [-0.2, 0) is 12.8 Å². The number of ether oxygens (including phenoxy) is 1. The van der Waals surface area contributed by atoms with E-state index in [4.69, 9.17) is 4.74 Å². The number of esters is 1. The third kappa shape index (κ3) is 14.3. The summed E-state index contributed by atoms with van der Waals surface area (Å²) in [6.07, 6.45) is 26.9. The average Bonchev–Trinajstić information content (AvgIpc) is 2.98. The van der Waals surface area contributed by atoms with Crippen molar-refractivity contribution in [1.29, 1.82) is 0 Å². The Balaban J connectivity index is 1.74. The highest BCUT2D eigenvalue weighted by Crippen LogP contribution is 2.35. The lowest BCUT2D eigenvalue weighted by Gasteiger charge is -2.13. The Bertz CT molecular complexity index is 967. The molecule has 2 aromatic rings. The molecular weight excluding hydrogens is 508 g/mol. The summed E-state index contributed by atoms with van der Waals surface area (Å²) in [5, 5.41) is 21.2. The highest BCUT2D eigenvalue weighted by molar-refractivity contribution is 5.95. The summed E-state index contributed by atoms with van der Waals surface area (Å²) in [5.74, 6) is -0.693. The van der Waals surface area contributed by atoms with Gasteiger partial charge in [-0.05, 0) is 48.9 Å². The zero-order valence-corrected chi connectivity index (χ0v) is 26.2. The Morgan fingerprint density at radius 3 is 1.49 bits per heavy atom. The monoisotopic (exact) mass is 566 g/mol. The van der Waals surface area contributed by atoms with Gasteiger partial charge in [0.2, 0.25) is 0 Å². The average molecular weight is 567 g/mol. The molecule has 4 nitrogen and oxygen atoms in total. The maximum absolute atomic E-state index is 12.9. The van der Waals surface area contributed by atoms with E-state index in [1.165, 1.54) is 109 Å². The number of phenols is 2.